The summed E-state index contributed by atoms with van der Waals surface area (Å²) in [6.07, 6.45) is 1.79. The summed E-state index contributed by atoms with van der Waals surface area (Å²) in [6, 6.07) is 5.79. The number of rotatable bonds is 7. The predicted molar refractivity (Wildman–Crippen MR) is 79.3 cm³/mol. The molecule has 0 amide bonds. The van der Waals surface area contributed by atoms with Gasteiger partial charge in [0, 0.05) is 31.7 Å². The molecule has 0 spiro atoms. The fourth-order valence-corrected chi connectivity index (χ4v) is 2.88. The summed E-state index contributed by atoms with van der Waals surface area (Å²) in [5.74, 6) is 0.691. The van der Waals surface area contributed by atoms with Crippen molar-refractivity contribution in [2.45, 2.75) is 19.4 Å². The standard InChI is InChI=1S/C15H22ClNO3/c1-19-14-3-2-12(8-13(14)16)9-17-10-15(4-6-18)5-7-20-11-15/h2-3,8,17-18H,4-7,9-11H2,1H3. The second-order valence-electron chi connectivity index (χ2n) is 5.35. The number of nitrogens with one attached hydrogen (secondary N) is 1. The first-order valence-corrected chi connectivity index (χ1v) is 7.29. The number of ether oxygens (including phenoxy) is 2. The highest BCUT2D eigenvalue weighted by molar-refractivity contribution is 6.32. The van der Waals surface area contributed by atoms with Gasteiger partial charge in [-0.25, -0.2) is 0 Å². The second kappa shape index (κ2) is 7.27. The Hall–Kier alpha value is -0.810. The zero-order valence-electron chi connectivity index (χ0n) is 11.8. The van der Waals surface area contributed by atoms with E-state index >= 15 is 0 Å². The van der Waals surface area contributed by atoms with Crippen molar-refractivity contribution in [3.63, 3.8) is 0 Å². The summed E-state index contributed by atoms with van der Waals surface area (Å²) in [7, 11) is 1.61. The zero-order valence-corrected chi connectivity index (χ0v) is 12.6. The molecule has 1 unspecified atom stereocenters. The van der Waals surface area contributed by atoms with Crippen LogP contribution in [0.25, 0.3) is 0 Å². The van der Waals surface area contributed by atoms with Crippen LogP contribution in [0.3, 0.4) is 0 Å². The van der Waals surface area contributed by atoms with Crippen molar-refractivity contribution in [2.24, 2.45) is 5.41 Å². The molecule has 0 radical (unpaired) electrons. The minimum Gasteiger partial charge on any atom is -0.495 e. The Balaban J connectivity index is 1.87. The summed E-state index contributed by atoms with van der Waals surface area (Å²) in [6.45, 7) is 3.31. The van der Waals surface area contributed by atoms with Gasteiger partial charge in [-0.2, -0.15) is 0 Å². The fraction of sp³-hybridized carbons (Fsp3) is 0.600. The van der Waals surface area contributed by atoms with Crippen molar-refractivity contribution >= 4 is 11.6 Å². The van der Waals surface area contributed by atoms with Crippen LogP contribution in [0.5, 0.6) is 5.75 Å². The van der Waals surface area contributed by atoms with Crippen molar-refractivity contribution in [3.8, 4) is 5.75 Å². The normalized spacial score (nSPS) is 22.1. The lowest BCUT2D eigenvalue weighted by Gasteiger charge is -2.26. The van der Waals surface area contributed by atoms with Gasteiger partial charge in [0.15, 0.2) is 0 Å². The molecular weight excluding hydrogens is 278 g/mol. The summed E-state index contributed by atoms with van der Waals surface area (Å²) in [4.78, 5) is 0. The Morgan fingerprint density at radius 2 is 2.35 bits per heavy atom. The molecule has 112 valence electrons. The number of methoxy groups -OCH3 is 1. The number of hydrogen-bond acceptors (Lipinski definition) is 4. The lowest BCUT2D eigenvalue weighted by molar-refractivity contribution is 0.124. The van der Waals surface area contributed by atoms with E-state index in [1.165, 1.54) is 0 Å². The molecule has 1 aliphatic rings. The number of hydrogen-bond donors (Lipinski definition) is 2. The van der Waals surface area contributed by atoms with Crippen molar-refractivity contribution in [1.29, 1.82) is 0 Å². The van der Waals surface area contributed by atoms with E-state index < -0.39 is 0 Å². The molecule has 1 aromatic carbocycles. The van der Waals surface area contributed by atoms with Crippen LogP contribution in [0.2, 0.25) is 5.02 Å². The average Bonchev–Trinajstić information content (AvgIpc) is 2.88. The topological polar surface area (TPSA) is 50.7 Å². The van der Waals surface area contributed by atoms with E-state index in [9.17, 15) is 5.11 Å². The van der Waals surface area contributed by atoms with Crippen LogP contribution in [0.1, 0.15) is 18.4 Å². The van der Waals surface area contributed by atoms with Gasteiger partial charge >= 0.3 is 0 Å². The molecule has 20 heavy (non-hydrogen) atoms. The minimum atomic E-state index is 0.0744. The van der Waals surface area contributed by atoms with Crippen molar-refractivity contribution in [3.05, 3.63) is 28.8 Å². The summed E-state index contributed by atoms with van der Waals surface area (Å²) >= 11 is 6.11. The first-order valence-electron chi connectivity index (χ1n) is 6.91. The predicted octanol–water partition coefficient (Wildman–Crippen LogP) is 2.23. The molecule has 4 nitrogen and oxygen atoms in total. The molecule has 0 aromatic heterocycles. The molecule has 1 aromatic rings. The van der Waals surface area contributed by atoms with Crippen LogP contribution in [-0.2, 0) is 11.3 Å². The van der Waals surface area contributed by atoms with E-state index in [1.54, 1.807) is 7.11 Å². The maximum Gasteiger partial charge on any atom is 0.137 e. The Bertz CT molecular complexity index is 433. The van der Waals surface area contributed by atoms with E-state index in [2.05, 4.69) is 5.32 Å². The largest absolute Gasteiger partial charge is 0.495 e. The molecule has 1 atom stereocenters. The molecule has 1 aliphatic heterocycles. The maximum atomic E-state index is 9.19. The molecule has 1 heterocycles. The Labute approximate surface area is 125 Å². The molecule has 2 rings (SSSR count). The zero-order chi connectivity index (χ0) is 14.4. The third-order valence-electron chi connectivity index (χ3n) is 3.87. The molecule has 0 bridgehead atoms. The average molecular weight is 300 g/mol. The minimum absolute atomic E-state index is 0.0744. The van der Waals surface area contributed by atoms with Gasteiger partial charge in [-0.1, -0.05) is 17.7 Å². The second-order valence-corrected chi connectivity index (χ2v) is 5.76. The molecule has 1 saturated heterocycles. The third kappa shape index (κ3) is 3.85. The lowest BCUT2D eigenvalue weighted by Crippen LogP contribution is -2.35. The van der Waals surface area contributed by atoms with Crippen LogP contribution >= 0.6 is 11.6 Å². The van der Waals surface area contributed by atoms with Crippen molar-refractivity contribution in [1.82, 2.24) is 5.32 Å². The number of aliphatic hydroxyl groups is 1. The maximum absolute atomic E-state index is 9.19. The summed E-state index contributed by atoms with van der Waals surface area (Å²) in [5, 5.41) is 13.3. The molecule has 0 aliphatic carbocycles. The smallest absolute Gasteiger partial charge is 0.137 e. The van der Waals surface area contributed by atoms with Crippen LogP contribution in [0.4, 0.5) is 0 Å². The van der Waals surface area contributed by atoms with E-state index in [0.29, 0.717) is 10.8 Å². The van der Waals surface area contributed by atoms with E-state index in [4.69, 9.17) is 21.1 Å². The Kier molecular flexibility index (Phi) is 5.66. The summed E-state index contributed by atoms with van der Waals surface area (Å²) < 4.78 is 10.6. The van der Waals surface area contributed by atoms with Gasteiger partial charge in [-0.05, 0) is 30.5 Å². The lowest BCUT2D eigenvalue weighted by atomic mass is 9.84. The van der Waals surface area contributed by atoms with Crippen LogP contribution in [-0.4, -0.2) is 38.6 Å². The summed E-state index contributed by atoms with van der Waals surface area (Å²) in [5.41, 5.74) is 1.19. The third-order valence-corrected chi connectivity index (χ3v) is 4.17. The van der Waals surface area contributed by atoms with E-state index in [0.717, 1.165) is 44.7 Å². The van der Waals surface area contributed by atoms with Crippen molar-refractivity contribution in [2.75, 3.05) is 33.5 Å². The van der Waals surface area contributed by atoms with Gasteiger partial charge in [-0.3, -0.25) is 0 Å². The fourth-order valence-electron chi connectivity index (χ4n) is 2.60. The van der Waals surface area contributed by atoms with Gasteiger partial charge in [0.05, 0.1) is 18.7 Å². The number of aliphatic hydroxyl groups excluding tert-OH is 1. The van der Waals surface area contributed by atoms with Crippen molar-refractivity contribution < 1.29 is 14.6 Å². The van der Waals surface area contributed by atoms with E-state index in [-0.39, 0.29) is 12.0 Å². The molecule has 5 heteroatoms. The number of halogens is 1. The highest BCUT2D eigenvalue weighted by Gasteiger charge is 2.33. The van der Waals surface area contributed by atoms with Crippen LogP contribution < -0.4 is 10.1 Å². The first kappa shape index (κ1) is 15.6. The Morgan fingerprint density at radius 3 is 2.95 bits per heavy atom. The highest BCUT2D eigenvalue weighted by atomic mass is 35.5. The van der Waals surface area contributed by atoms with Gasteiger partial charge in [-0.15, -0.1) is 0 Å². The SMILES string of the molecule is COc1ccc(CNCC2(CCO)CCOC2)cc1Cl. The van der Waals surface area contributed by atoms with E-state index in [1.807, 2.05) is 18.2 Å². The molecular formula is C15H22ClNO3. The van der Waals surface area contributed by atoms with Gasteiger partial charge in [0.2, 0.25) is 0 Å². The Morgan fingerprint density at radius 1 is 1.50 bits per heavy atom. The highest BCUT2D eigenvalue weighted by Crippen LogP contribution is 2.31. The molecule has 1 fully saturated rings. The quantitative estimate of drug-likeness (QED) is 0.811. The monoisotopic (exact) mass is 299 g/mol. The van der Waals surface area contributed by atoms with Gasteiger partial charge in [0.25, 0.3) is 0 Å². The van der Waals surface area contributed by atoms with Gasteiger partial charge < -0.3 is 19.9 Å². The van der Waals surface area contributed by atoms with Gasteiger partial charge in [0.1, 0.15) is 5.75 Å². The first-order chi connectivity index (χ1) is 9.69. The molecule has 2 N–H and O–H groups in total. The number of benzene rings is 1. The molecule has 0 saturated carbocycles. The van der Waals surface area contributed by atoms with Crippen LogP contribution in [0, 0.1) is 5.41 Å². The van der Waals surface area contributed by atoms with Crippen LogP contribution in [0.15, 0.2) is 18.2 Å².